The first-order valence-corrected chi connectivity index (χ1v) is 7.95. The van der Waals surface area contributed by atoms with Crippen molar-refractivity contribution in [2.75, 3.05) is 39.3 Å². The van der Waals surface area contributed by atoms with Gasteiger partial charge in [-0.2, -0.15) is 0 Å². The number of carbonyl (C=O) groups is 1. The lowest BCUT2D eigenvalue weighted by atomic mass is 9.99. The Kier molecular flexibility index (Phi) is 5.41. The van der Waals surface area contributed by atoms with E-state index in [-0.39, 0.29) is 5.97 Å². The van der Waals surface area contributed by atoms with E-state index in [4.69, 9.17) is 10.5 Å². The molecule has 2 aliphatic rings. The third kappa shape index (κ3) is 3.93. The van der Waals surface area contributed by atoms with Gasteiger partial charge in [0, 0.05) is 19.1 Å². The molecule has 5 heteroatoms. The van der Waals surface area contributed by atoms with Crippen LogP contribution >= 0.6 is 0 Å². The molecule has 0 radical (unpaired) electrons. The van der Waals surface area contributed by atoms with E-state index in [0.29, 0.717) is 19.1 Å². The summed E-state index contributed by atoms with van der Waals surface area (Å²) in [5, 5.41) is 0. The van der Waals surface area contributed by atoms with Gasteiger partial charge in [-0.1, -0.05) is 0 Å². The normalized spacial score (nSPS) is 27.6. The maximum absolute atomic E-state index is 11.8. The quantitative estimate of drug-likeness (QED) is 0.757. The van der Waals surface area contributed by atoms with E-state index in [1.54, 1.807) is 6.92 Å². The second-order valence-corrected chi connectivity index (χ2v) is 6.37. The van der Waals surface area contributed by atoms with Crippen LogP contribution in [0.5, 0.6) is 0 Å². The Morgan fingerprint density at radius 1 is 1.35 bits per heavy atom. The fourth-order valence-electron chi connectivity index (χ4n) is 3.27. The molecule has 0 spiro atoms. The molecule has 2 N–H and O–H groups in total. The second-order valence-electron chi connectivity index (χ2n) is 6.37. The average Bonchev–Trinajstić information content (AvgIpc) is 2.75. The highest BCUT2D eigenvalue weighted by atomic mass is 16.5. The summed E-state index contributed by atoms with van der Waals surface area (Å²) in [4.78, 5) is 16.9. The molecule has 2 aliphatic heterocycles. The maximum Gasteiger partial charge on any atom is 0.325 e. The lowest BCUT2D eigenvalue weighted by molar-refractivity contribution is -0.149. The van der Waals surface area contributed by atoms with E-state index >= 15 is 0 Å². The summed E-state index contributed by atoms with van der Waals surface area (Å²) in [6.45, 7) is 9.60. The summed E-state index contributed by atoms with van der Waals surface area (Å²) in [7, 11) is 0. The van der Waals surface area contributed by atoms with Crippen molar-refractivity contribution in [1.29, 1.82) is 0 Å². The summed E-state index contributed by atoms with van der Waals surface area (Å²) in [6.07, 6.45) is 4.53. The van der Waals surface area contributed by atoms with Gasteiger partial charge in [0.25, 0.3) is 0 Å². The van der Waals surface area contributed by atoms with E-state index in [1.165, 1.54) is 32.4 Å². The van der Waals surface area contributed by atoms with Gasteiger partial charge in [0.05, 0.1) is 6.61 Å². The molecule has 0 amide bonds. The second kappa shape index (κ2) is 6.87. The molecule has 116 valence electrons. The number of rotatable bonds is 5. The van der Waals surface area contributed by atoms with Crippen molar-refractivity contribution >= 4 is 5.97 Å². The molecule has 20 heavy (non-hydrogen) atoms. The Bertz CT molecular complexity index is 333. The Labute approximate surface area is 122 Å². The number of esters is 1. The number of nitrogens with two attached hydrogens (primary N) is 1. The number of nitrogens with zero attached hydrogens (tertiary/aromatic N) is 2. The van der Waals surface area contributed by atoms with Crippen LogP contribution in [0.4, 0.5) is 0 Å². The van der Waals surface area contributed by atoms with Crippen LogP contribution in [0.25, 0.3) is 0 Å². The molecule has 2 saturated heterocycles. The Morgan fingerprint density at radius 3 is 2.85 bits per heavy atom. The minimum absolute atomic E-state index is 0.280. The van der Waals surface area contributed by atoms with E-state index in [2.05, 4.69) is 9.80 Å². The number of hydrogen-bond donors (Lipinski definition) is 1. The number of hydrogen-bond acceptors (Lipinski definition) is 5. The minimum atomic E-state index is -0.863. The summed E-state index contributed by atoms with van der Waals surface area (Å²) < 4.78 is 5.05. The number of ether oxygens (including phenoxy) is 1. The zero-order valence-corrected chi connectivity index (χ0v) is 12.9. The van der Waals surface area contributed by atoms with Gasteiger partial charge >= 0.3 is 5.97 Å². The topological polar surface area (TPSA) is 58.8 Å². The predicted octanol–water partition coefficient (Wildman–Crippen LogP) is 0.827. The zero-order valence-electron chi connectivity index (χ0n) is 12.9. The minimum Gasteiger partial charge on any atom is -0.465 e. The van der Waals surface area contributed by atoms with Crippen LogP contribution in [0.2, 0.25) is 0 Å². The molecule has 0 aromatic heterocycles. The van der Waals surface area contributed by atoms with Crippen molar-refractivity contribution in [3.05, 3.63) is 0 Å². The first-order chi connectivity index (χ1) is 9.53. The van der Waals surface area contributed by atoms with Gasteiger partial charge in [-0.05, 0) is 59.2 Å². The van der Waals surface area contributed by atoms with Crippen LogP contribution in [0.15, 0.2) is 0 Å². The SMILES string of the molecule is CCOC(=O)C(C)(N)CCN1CCCN2CCCC2C1. The Morgan fingerprint density at radius 2 is 2.10 bits per heavy atom. The largest absolute Gasteiger partial charge is 0.465 e. The molecule has 0 aromatic rings. The van der Waals surface area contributed by atoms with Crippen molar-refractivity contribution in [3.8, 4) is 0 Å². The Balaban J connectivity index is 1.82. The molecule has 2 rings (SSSR count). The highest BCUT2D eigenvalue weighted by molar-refractivity contribution is 5.79. The van der Waals surface area contributed by atoms with Crippen LogP contribution in [-0.4, -0.2) is 66.7 Å². The number of fused-ring (bicyclic) bond motifs is 1. The van der Waals surface area contributed by atoms with Crippen molar-refractivity contribution in [3.63, 3.8) is 0 Å². The van der Waals surface area contributed by atoms with Crippen molar-refractivity contribution in [1.82, 2.24) is 9.80 Å². The van der Waals surface area contributed by atoms with Gasteiger partial charge in [0.2, 0.25) is 0 Å². The standard InChI is InChI=1S/C15H29N3O2/c1-3-20-14(19)15(2,16)7-11-17-8-5-10-18-9-4-6-13(18)12-17/h13H,3-12,16H2,1-2H3. The van der Waals surface area contributed by atoms with Crippen LogP contribution in [0.3, 0.4) is 0 Å². The lowest BCUT2D eigenvalue weighted by Gasteiger charge is -2.29. The van der Waals surface area contributed by atoms with Gasteiger partial charge in [-0.25, -0.2) is 0 Å². The van der Waals surface area contributed by atoms with Gasteiger partial charge in [-0.3, -0.25) is 9.69 Å². The molecule has 0 aromatic carbocycles. The molecule has 2 atom stereocenters. The van der Waals surface area contributed by atoms with Crippen molar-refractivity contribution in [2.45, 2.75) is 51.1 Å². The average molecular weight is 283 g/mol. The molecular weight excluding hydrogens is 254 g/mol. The lowest BCUT2D eigenvalue weighted by Crippen LogP contribution is -2.49. The molecule has 2 fully saturated rings. The molecule has 5 nitrogen and oxygen atoms in total. The molecule has 0 saturated carbocycles. The molecule has 0 aliphatic carbocycles. The molecule has 2 unspecified atom stereocenters. The highest BCUT2D eigenvalue weighted by Crippen LogP contribution is 2.22. The van der Waals surface area contributed by atoms with Crippen LogP contribution < -0.4 is 5.73 Å². The van der Waals surface area contributed by atoms with Crippen LogP contribution in [0.1, 0.15) is 39.5 Å². The Hall–Kier alpha value is -0.650. The van der Waals surface area contributed by atoms with E-state index in [0.717, 1.165) is 19.6 Å². The maximum atomic E-state index is 11.8. The third-order valence-corrected chi connectivity index (χ3v) is 4.58. The van der Waals surface area contributed by atoms with E-state index in [9.17, 15) is 4.79 Å². The van der Waals surface area contributed by atoms with Gasteiger partial charge in [0.15, 0.2) is 0 Å². The summed E-state index contributed by atoms with van der Waals surface area (Å²) in [5.74, 6) is -0.280. The zero-order chi connectivity index (χ0) is 14.6. The summed E-state index contributed by atoms with van der Waals surface area (Å²) >= 11 is 0. The van der Waals surface area contributed by atoms with E-state index < -0.39 is 5.54 Å². The smallest absolute Gasteiger partial charge is 0.325 e. The highest BCUT2D eigenvalue weighted by Gasteiger charge is 2.32. The van der Waals surface area contributed by atoms with Gasteiger partial charge in [0.1, 0.15) is 5.54 Å². The van der Waals surface area contributed by atoms with Crippen LogP contribution in [-0.2, 0) is 9.53 Å². The van der Waals surface area contributed by atoms with Crippen molar-refractivity contribution in [2.24, 2.45) is 5.73 Å². The molecule has 0 bridgehead atoms. The fourth-order valence-corrected chi connectivity index (χ4v) is 3.27. The first-order valence-electron chi connectivity index (χ1n) is 7.95. The van der Waals surface area contributed by atoms with Gasteiger partial charge in [-0.15, -0.1) is 0 Å². The van der Waals surface area contributed by atoms with E-state index in [1.807, 2.05) is 6.92 Å². The summed E-state index contributed by atoms with van der Waals surface area (Å²) in [5.41, 5.74) is 5.23. The monoisotopic (exact) mass is 283 g/mol. The van der Waals surface area contributed by atoms with Crippen LogP contribution in [0, 0.1) is 0 Å². The summed E-state index contributed by atoms with van der Waals surface area (Å²) in [6, 6.07) is 0.712. The first kappa shape index (κ1) is 15.7. The van der Waals surface area contributed by atoms with Crippen molar-refractivity contribution < 1.29 is 9.53 Å². The molecule has 2 heterocycles. The predicted molar refractivity (Wildman–Crippen MR) is 79.5 cm³/mol. The molecular formula is C15H29N3O2. The van der Waals surface area contributed by atoms with Gasteiger partial charge < -0.3 is 15.4 Å². The fraction of sp³-hybridized carbons (Fsp3) is 0.933. The number of carbonyl (C=O) groups excluding carboxylic acids is 1. The third-order valence-electron chi connectivity index (χ3n) is 4.58.